The van der Waals surface area contributed by atoms with Crippen LogP contribution in [0.4, 0.5) is 0 Å². The minimum absolute atomic E-state index is 0.192. The molecule has 0 saturated carbocycles. The molecule has 6 nitrogen and oxygen atoms in total. The summed E-state index contributed by atoms with van der Waals surface area (Å²) in [6.45, 7) is 0.192. The molecule has 0 bridgehead atoms. The van der Waals surface area contributed by atoms with Gasteiger partial charge in [-0.1, -0.05) is 41.9 Å². The monoisotopic (exact) mass is 358 g/mol. The second-order valence-corrected chi connectivity index (χ2v) is 5.80. The average Bonchev–Trinajstić information content (AvgIpc) is 3.19. The van der Waals surface area contributed by atoms with Crippen LogP contribution < -0.4 is 9.47 Å². The molecule has 0 fully saturated rings. The van der Waals surface area contributed by atoms with Gasteiger partial charge in [0.05, 0.1) is 11.2 Å². The standard InChI is InChI=1S/C16H11ClN4O2S/c17-12-7-14-13(22-9-23-14)6-11(12)8-18-21-15(19-20-16(21)24)10-4-2-1-3-5-10/h1-8H,9H2,(H,20,24)/b18-8-. The van der Waals surface area contributed by atoms with Crippen LogP contribution in [0, 0.1) is 4.77 Å². The Hall–Kier alpha value is -2.64. The van der Waals surface area contributed by atoms with Crippen molar-refractivity contribution in [3.05, 3.63) is 57.8 Å². The third-order valence-electron chi connectivity index (χ3n) is 3.49. The molecule has 0 saturated heterocycles. The molecular weight excluding hydrogens is 348 g/mol. The average molecular weight is 359 g/mol. The van der Waals surface area contributed by atoms with E-state index in [1.54, 1.807) is 23.0 Å². The first kappa shape index (κ1) is 14.9. The van der Waals surface area contributed by atoms with Gasteiger partial charge in [0.25, 0.3) is 0 Å². The van der Waals surface area contributed by atoms with Gasteiger partial charge < -0.3 is 9.47 Å². The lowest BCUT2D eigenvalue weighted by Gasteiger charge is -2.03. The van der Waals surface area contributed by atoms with Crippen LogP contribution >= 0.6 is 23.8 Å². The Morgan fingerprint density at radius 2 is 1.96 bits per heavy atom. The minimum Gasteiger partial charge on any atom is -0.454 e. The lowest BCUT2D eigenvalue weighted by atomic mass is 10.2. The fourth-order valence-electron chi connectivity index (χ4n) is 2.32. The first-order valence-corrected chi connectivity index (χ1v) is 7.87. The molecule has 0 radical (unpaired) electrons. The van der Waals surface area contributed by atoms with E-state index in [-0.39, 0.29) is 6.79 Å². The molecule has 3 aromatic rings. The van der Waals surface area contributed by atoms with Crippen LogP contribution in [0.15, 0.2) is 47.6 Å². The van der Waals surface area contributed by atoms with Gasteiger partial charge in [0, 0.05) is 17.2 Å². The van der Waals surface area contributed by atoms with Gasteiger partial charge in [-0.3, -0.25) is 0 Å². The van der Waals surface area contributed by atoms with Crippen LogP contribution in [0.1, 0.15) is 5.56 Å². The second kappa shape index (κ2) is 6.10. The maximum atomic E-state index is 6.26. The summed E-state index contributed by atoms with van der Waals surface area (Å²) in [5, 5.41) is 11.9. The van der Waals surface area contributed by atoms with Crippen molar-refractivity contribution in [1.29, 1.82) is 0 Å². The number of fused-ring (bicyclic) bond motifs is 1. The topological polar surface area (TPSA) is 64.4 Å². The number of benzene rings is 2. The molecule has 0 aliphatic carbocycles. The molecule has 1 aliphatic heterocycles. The van der Waals surface area contributed by atoms with Crippen molar-refractivity contribution in [2.75, 3.05) is 6.79 Å². The molecule has 120 valence electrons. The maximum absolute atomic E-state index is 6.26. The zero-order valence-corrected chi connectivity index (χ0v) is 13.8. The summed E-state index contributed by atoms with van der Waals surface area (Å²) in [6, 6.07) is 13.1. The van der Waals surface area contributed by atoms with Crippen LogP contribution in [0.25, 0.3) is 11.4 Å². The first-order chi connectivity index (χ1) is 11.7. The SMILES string of the molecule is S=c1[nH]nc(-c2ccccc2)n1/N=C\c1cc2c(cc1Cl)OCO2. The third kappa shape index (κ3) is 2.68. The molecule has 1 aliphatic rings. The van der Waals surface area contributed by atoms with Crippen LogP contribution in [0.2, 0.25) is 5.02 Å². The Kier molecular flexibility index (Phi) is 3.79. The molecule has 2 heterocycles. The van der Waals surface area contributed by atoms with E-state index in [1.807, 2.05) is 30.3 Å². The van der Waals surface area contributed by atoms with Crippen molar-refractivity contribution < 1.29 is 9.47 Å². The van der Waals surface area contributed by atoms with Crippen molar-refractivity contribution in [2.24, 2.45) is 5.10 Å². The number of nitrogens with zero attached hydrogens (tertiary/aromatic N) is 3. The zero-order valence-electron chi connectivity index (χ0n) is 12.3. The highest BCUT2D eigenvalue weighted by molar-refractivity contribution is 7.71. The lowest BCUT2D eigenvalue weighted by Crippen LogP contribution is -1.95. The number of halogens is 1. The van der Waals surface area contributed by atoms with E-state index < -0.39 is 0 Å². The van der Waals surface area contributed by atoms with Gasteiger partial charge in [-0.05, 0) is 18.3 Å². The summed E-state index contributed by atoms with van der Waals surface area (Å²) in [7, 11) is 0. The molecular formula is C16H11ClN4O2S. The van der Waals surface area contributed by atoms with Crippen molar-refractivity contribution in [3.63, 3.8) is 0 Å². The zero-order chi connectivity index (χ0) is 16.5. The molecule has 2 aromatic carbocycles. The van der Waals surface area contributed by atoms with Crippen molar-refractivity contribution in [1.82, 2.24) is 14.9 Å². The fourth-order valence-corrected chi connectivity index (χ4v) is 2.71. The summed E-state index contributed by atoms with van der Waals surface area (Å²) >= 11 is 11.5. The largest absolute Gasteiger partial charge is 0.454 e. The van der Waals surface area contributed by atoms with E-state index in [0.29, 0.717) is 32.7 Å². The van der Waals surface area contributed by atoms with E-state index >= 15 is 0 Å². The van der Waals surface area contributed by atoms with Crippen LogP contribution in [-0.2, 0) is 0 Å². The summed E-state index contributed by atoms with van der Waals surface area (Å²) in [6.07, 6.45) is 1.61. The Bertz CT molecular complexity index is 981. The van der Waals surface area contributed by atoms with Gasteiger partial charge in [0.1, 0.15) is 0 Å². The maximum Gasteiger partial charge on any atom is 0.231 e. The first-order valence-electron chi connectivity index (χ1n) is 7.09. The van der Waals surface area contributed by atoms with E-state index in [4.69, 9.17) is 33.3 Å². The fraction of sp³-hybridized carbons (Fsp3) is 0.0625. The Labute approximate surface area is 147 Å². The smallest absolute Gasteiger partial charge is 0.231 e. The van der Waals surface area contributed by atoms with Crippen molar-refractivity contribution >= 4 is 30.0 Å². The summed E-state index contributed by atoms with van der Waals surface area (Å²) in [5.41, 5.74) is 1.60. The Balaban J connectivity index is 1.73. The highest BCUT2D eigenvalue weighted by atomic mass is 35.5. The number of ether oxygens (including phenoxy) is 2. The van der Waals surface area contributed by atoms with Crippen LogP contribution in [-0.4, -0.2) is 27.9 Å². The molecule has 1 aromatic heterocycles. The third-order valence-corrected chi connectivity index (χ3v) is 4.08. The summed E-state index contributed by atoms with van der Waals surface area (Å²) < 4.78 is 12.6. The normalized spacial score (nSPS) is 12.9. The van der Waals surface area contributed by atoms with Gasteiger partial charge in [-0.25, -0.2) is 5.10 Å². The predicted molar refractivity (Wildman–Crippen MR) is 93.4 cm³/mol. The van der Waals surface area contributed by atoms with E-state index in [1.165, 1.54) is 0 Å². The predicted octanol–water partition coefficient (Wildman–Crippen LogP) is 3.87. The van der Waals surface area contributed by atoms with Crippen LogP contribution in [0.5, 0.6) is 11.5 Å². The van der Waals surface area contributed by atoms with E-state index in [9.17, 15) is 0 Å². The van der Waals surface area contributed by atoms with Crippen LogP contribution in [0.3, 0.4) is 0 Å². The minimum atomic E-state index is 0.192. The van der Waals surface area contributed by atoms with Gasteiger partial charge in [0.2, 0.25) is 11.6 Å². The number of nitrogens with one attached hydrogen (secondary N) is 1. The Morgan fingerprint density at radius 3 is 2.75 bits per heavy atom. The number of aromatic amines is 1. The lowest BCUT2D eigenvalue weighted by molar-refractivity contribution is 0.174. The quantitative estimate of drug-likeness (QED) is 0.570. The number of aromatic nitrogens is 3. The van der Waals surface area contributed by atoms with Gasteiger partial charge in [-0.2, -0.15) is 14.9 Å². The molecule has 0 atom stereocenters. The van der Waals surface area contributed by atoms with Gasteiger partial charge in [0.15, 0.2) is 17.3 Å². The van der Waals surface area contributed by atoms with E-state index in [0.717, 1.165) is 5.56 Å². The number of hydrogen-bond acceptors (Lipinski definition) is 5. The summed E-state index contributed by atoms with van der Waals surface area (Å²) in [5.74, 6) is 1.88. The Morgan fingerprint density at radius 1 is 1.21 bits per heavy atom. The highest BCUT2D eigenvalue weighted by Gasteiger charge is 2.16. The molecule has 4 rings (SSSR count). The molecule has 0 unspecified atom stereocenters. The molecule has 0 spiro atoms. The van der Waals surface area contributed by atoms with E-state index in [2.05, 4.69) is 15.3 Å². The highest BCUT2D eigenvalue weighted by Crippen LogP contribution is 2.36. The number of hydrogen-bond donors (Lipinski definition) is 1. The molecule has 0 amide bonds. The molecule has 24 heavy (non-hydrogen) atoms. The number of rotatable bonds is 3. The molecule has 8 heteroatoms. The van der Waals surface area contributed by atoms with Crippen molar-refractivity contribution in [3.8, 4) is 22.9 Å². The van der Waals surface area contributed by atoms with Crippen molar-refractivity contribution in [2.45, 2.75) is 0 Å². The van der Waals surface area contributed by atoms with Gasteiger partial charge in [-0.15, -0.1) is 0 Å². The summed E-state index contributed by atoms with van der Waals surface area (Å²) in [4.78, 5) is 0. The molecule has 1 N–H and O–H groups in total. The second-order valence-electron chi connectivity index (χ2n) is 5.00. The van der Waals surface area contributed by atoms with Gasteiger partial charge >= 0.3 is 0 Å². The number of H-pyrrole nitrogens is 1.